The molecule has 0 spiro atoms. The molecule has 0 bridgehead atoms. The lowest BCUT2D eigenvalue weighted by molar-refractivity contribution is -0.153. The number of aromatic nitrogens is 2. The fraction of sp³-hybridized carbons (Fsp3) is 0.750. The van der Waals surface area contributed by atoms with Crippen molar-refractivity contribution in [2.75, 3.05) is 13.2 Å². The molecule has 0 atom stereocenters. The molecule has 6 nitrogen and oxygen atoms in total. The van der Waals surface area contributed by atoms with Gasteiger partial charge in [-0.25, -0.2) is 4.68 Å². The predicted molar refractivity (Wildman–Crippen MR) is 111 cm³/mol. The number of nitrogens with zero attached hydrogens (tertiary/aromatic N) is 2. The Morgan fingerprint density at radius 1 is 1.23 bits per heavy atom. The highest BCUT2D eigenvalue weighted by molar-refractivity contribution is 6.76. The van der Waals surface area contributed by atoms with Gasteiger partial charge in [0.2, 0.25) is 0 Å². The van der Waals surface area contributed by atoms with Crippen LogP contribution >= 0.6 is 0 Å². The fourth-order valence-electron chi connectivity index (χ4n) is 2.68. The second-order valence-electron chi connectivity index (χ2n) is 9.16. The van der Waals surface area contributed by atoms with Crippen LogP contribution in [0.15, 0.2) is 10.9 Å². The summed E-state index contributed by atoms with van der Waals surface area (Å²) >= 11 is 0. The van der Waals surface area contributed by atoms with E-state index in [0.717, 1.165) is 16.8 Å². The molecule has 0 saturated heterocycles. The molecule has 0 radical (unpaired) electrons. The molecule has 172 valence electrons. The standard InChI is InChI=1S/C20H33F3N2O4Si/c1-7-29-18(27)19(2,3)10-8-9-15-13-16(20(21,22)23)17(26)25(24-15)14-28-11-12-30(4,5)6/h13H,7-12,14H2,1-6H3. The van der Waals surface area contributed by atoms with Crippen LogP contribution in [0.3, 0.4) is 0 Å². The Balaban J connectivity index is 2.93. The van der Waals surface area contributed by atoms with Gasteiger partial charge in [0, 0.05) is 14.7 Å². The Labute approximate surface area is 176 Å². The highest BCUT2D eigenvalue weighted by Gasteiger charge is 2.35. The van der Waals surface area contributed by atoms with E-state index in [1.165, 1.54) is 0 Å². The minimum Gasteiger partial charge on any atom is -0.466 e. The Bertz CT molecular complexity index is 771. The maximum absolute atomic E-state index is 13.3. The normalized spacial score (nSPS) is 12.8. The van der Waals surface area contributed by atoms with E-state index in [-0.39, 0.29) is 31.4 Å². The summed E-state index contributed by atoms with van der Waals surface area (Å²) in [5, 5.41) is 4.06. The van der Waals surface area contributed by atoms with Crippen molar-refractivity contribution in [1.82, 2.24) is 9.78 Å². The van der Waals surface area contributed by atoms with Gasteiger partial charge in [-0.05, 0) is 52.1 Å². The second-order valence-corrected chi connectivity index (χ2v) is 14.8. The van der Waals surface area contributed by atoms with Gasteiger partial charge in [-0.15, -0.1) is 0 Å². The first-order chi connectivity index (χ1) is 13.7. The Morgan fingerprint density at radius 3 is 2.40 bits per heavy atom. The molecule has 1 heterocycles. The number of carbonyl (C=O) groups is 1. The van der Waals surface area contributed by atoms with Crippen LogP contribution < -0.4 is 5.56 Å². The van der Waals surface area contributed by atoms with E-state index >= 15 is 0 Å². The molecule has 0 aliphatic carbocycles. The number of ether oxygens (including phenoxy) is 2. The van der Waals surface area contributed by atoms with Gasteiger partial charge in [-0.1, -0.05) is 19.6 Å². The van der Waals surface area contributed by atoms with Crippen molar-refractivity contribution in [2.45, 2.75) is 78.6 Å². The van der Waals surface area contributed by atoms with Gasteiger partial charge in [0.25, 0.3) is 5.56 Å². The molecule has 1 aromatic heterocycles. The van der Waals surface area contributed by atoms with Crippen LogP contribution in [-0.4, -0.2) is 37.0 Å². The van der Waals surface area contributed by atoms with E-state index in [1.807, 2.05) is 0 Å². The van der Waals surface area contributed by atoms with E-state index in [9.17, 15) is 22.8 Å². The third-order valence-electron chi connectivity index (χ3n) is 4.60. The summed E-state index contributed by atoms with van der Waals surface area (Å²) in [6.07, 6.45) is -3.74. The van der Waals surface area contributed by atoms with Crippen molar-refractivity contribution < 1.29 is 27.4 Å². The van der Waals surface area contributed by atoms with Crippen LogP contribution in [0, 0.1) is 5.41 Å². The number of hydrogen-bond acceptors (Lipinski definition) is 5. The van der Waals surface area contributed by atoms with Crippen molar-refractivity contribution in [3.8, 4) is 0 Å². The minimum atomic E-state index is -4.78. The lowest BCUT2D eigenvalue weighted by Gasteiger charge is -2.22. The number of halogens is 3. The maximum Gasteiger partial charge on any atom is 0.421 e. The first kappa shape index (κ1) is 26.4. The topological polar surface area (TPSA) is 70.4 Å². The largest absolute Gasteiger partial charge is 0.466 e. The Kier molecular flexibility index (Phi) is 9.28. The van der Waals surface area contributed by atoms with E-state index in [1.54, 1.807) is 20.8 Å². The number of alkyl halides is 3. The summed E-state index contributed by atoms with van der Waals surface area (Å²) in [5.41, 5.74) is -3.09. The van der Waals surface area contributed by atoms with Crippen molar-refractivity contribution >= 4 is 14.0 Å². The molecule has 0 aliphatic rings. The SMILES string of the molecule is CCOC(=O)C(C)(C)CCCc1cc(C(F)(F)F)c(=O)n(COCC[Si](C)(C)C)n1. The zero-order valence-corrected chi connectivity index (χ0v) is 19.7. The van der Waals surface area contributed by atoms with Gasteiger partial charge in [0.1, 0.15) is 12.3 Å². The smallest absolute Gasteiger partial charge is 0.421 e. The summed E-state index contributed by atoms with van der Waals surface area (Å²) in [5.74, 6) is -0.352. The highest BCUT2D eigenvalue weighted by atomic mass is 28.3. The minimum absolute atomic E-state index is 0.135. The molecular formula is C20H33F3N2O4Si. The number of carbonyl (C=O) groups excluding carboxylic acids is 1. The van der Waals surface area contributed by atoms with Gasteiger partial charge >= 0.3 is 12.1 Å². The van der Waals surface area contributed by atoms with Crippen LogP contribution in [0.1, 0.15) is 44.9 Å². The summed E-state index contributed by atoms with van der Waals surface area (Å²) < 4.78 is 51.1. The molecule has 1 aromatic rings. The molecule has 30 heavy (non-hydrogen) atoms. The Hall–Kier alpha value is -1.68. The molecule has 1 rings (SSSR count). The molecule has 0 amide bonds. The predicted octanol–water partition coefficient (Wildman–Crippen LogP) is 4.49. The van der Waals surface area contributed by atoms with Gasteiger partial charge in [-0.3, -0.25) is 9.59 Å². The first-order valence-corrected chi connectivity index (χ1v) is 13.8. The van der Waals surface area contributed by atoms with Gasteiger partial charge in [0.05, 0.1) is 17.7 Å². The highest BCUT2D eigenvalue weighted by Crippen LogP contribution is 2.28. The van der Waals surface area contributed by atoms with Crippen LogP contribution in [0.5, 0.6) is 0 Å². The average Bonchev–Trinajstić information content (AvgIpc) is 2.59. The zero-order chi connectivity index (χ0) is 23.2. The monoisotopic (exact) mass is 450 g/mol. The quantitative estimate of drug-likeness (QED) is 0.282. The molecule has 10 heteroatoms. The van der Waals surface area contributed by atoms with Crippen LogP contribution in [0.2, 0.25) is 25.7 Å². The molecule has 0 N–H and O–H groups in total. The first-order valence-electron chi connectivity index (χ1n) is 10.1. The summed E-state index contributed by atoms with van der Waals surface area (Å²) in [6, 6.07) is 1.62. The number of hydrogen-bond donors (Lipinski definition) is 0. The summed E-state index contributed by atoms with van der Waals surface area (Å²) in [7, 11) is -1.36. The van der Waals surface area contributed by atoms with Crippen molar-refractivity contribution in [2.24, 2.45) is 5.41 Å². The zero-order valence-electron chi connectivity index (χ0n) is 18.7. The lowest BCUT2D eigenvalue weighted by Crippen LogP contribution is -2.33. The summed E-state index contributed by atoms with van der Waals surface area (Å²) in [6.45, 7) is 11.9. The van der Waals surface area contributed by atoms with Gasteiger partial charge in [0.15, 0.2) is 0 Å². The van der Waals surface area contributed by atoms with Crippen molar-refractivity contribution in [3.05, 3.63) is 27.7 Å². The number of aryl methyl sites for hydroxylation is 1. The molecule has 0 saturated carbocycles. The van der Waals surface area contributed by atoms with Crippen LogP contribution in [0.25, 0.3) is 0 Å². The van der Waals surface area contributed by atoms with E-state index < -0.39 is 30.8 Å². The van der Waals surface area contributed by atoms with E-state index in [4.69, 9.17) is 9.47 Å². The average molecular weight is 451 g/mol. The maximum atomic E-state index is 13.3. The third kappa shape index (κ3) is 8.59. The van der Waals surface area contributed by atoms with Crippen molar-refractivity contribution in [1.29, 1.82) is 0 Å². The molecule has 0 unspecified atom stereocenters. The fourth-order valence-corrected chi connectivity index (χ4v) is 3.44. The number of rotatable bonds is 11. The Morgan fingerprint density at radius 2 is 1.87 bits per heavy atom. The van der Waals surface area contributed by atoms with Crippen LogP contribution in [-0.2, 0) is 33.6 Å². The molecular weight excluding hydrogens is 417 g/mol. The molecule has 0 aliphatic heterocycles. The second kappa shape index (κ2) is 10.6. The van der Waals surface area contributed by atoms with Crippen molar-refractivity contribution in [3.63, 3.8) is 0 Å². The third-order valence-corrected chi connectivity index (χ3v) is 6.31. The molecule has 0 aromatic carbocycles. The summed E-state index contributed by atoms with van der Waals surface area (Å²) in [4.78, 5) is 24.2. The van der Waals surface area contributed by atoms with Gasteiger partial charge < -0.3 is 9.47 Å². The van der Waals surface area contributed by atoms with Crippen LogP contribution in [0.4, 0.5) is 13.2 Å². The van der Waals surface area contributed by atoms with E-state index in [2.05, 4.69) is 24.7 Å². The lowest BCUT2D eigenvalue weighted by atomic mass is 9.87. The van der Waals surface area contributed by atoms with E-state index in [0.29, 0.717) is 19.4 Å². The molecule has 0 fully saturated rings. The van der Waals surface area contributed by atoms with Gasteiger partial charge in [-0.2, -0.15) is 18.3 Å². The number of esters is 1.